The van der Waals surface area contributed by atoms with E-state index < -0.39 is 15.3 Å². The van der Waals surface area contributed by atoms with Crippen LogP contribution in [-0.2, 0) is 9.84 Å². The maximum atomic E-state index is 12.5. The summed E-state index contributed by atoms with van der Waals surface area (Å²) >= 11 is 0. The van der Waals surface area contributed by atoms with E-state index in [4.69, 9.17) is 4.74 Å². The SMILES string of the molecule is COc1ccc2ccn3c(S(C)(=O)=O)nnc3c(=O)c2c1. The van der Waals surface area contributed by atoms with Crippen LogP contribution in [0.1, 0.15) is 0 Å². The average Bonchev–Trinajstić information content (AvgIpc) is 2.83. The van der Waals surface area contributed by atoms with E-state index in [0.29, 0.717) is 16.5 Å². The fraction of sp³-hybridized carbons (Fsp3) is 0.154. The van der Waals surface area contributed by atoms with Gasteiger partial charge >= 0.3 is 0 Å². The van der Waals surface area contributed by atoms with Crippen LogP contribution in [0.15, 0.2) is 40.4 Å². The molecule has 0 radical (unpaired) electrons. The molecule has 2 heterocycles. The summed E-state index contributed by atoms with van der Waals surface area (Å²) in [5.74, 6) is 0.534. The Hall–Kier alpha value is -2.48. The van der Waals surface area contributed by atoms with E-state index in [1.165, 1.54) is 17.7 Å². The summed E-state index contributed by atoms with van der Waals surface area (Å²) < 4.78 is 29.6. The summed E-state index contributed by atoms with van der Waals surface area (Å²) in [7, 11) is -2.08. The molecule has 0 saturated heterocycles. The van der Waals surface area contributed by atoms with E-state index >= 15 is 0 Å². The minimum atomic E-state index is -3.58. The fourth-order valence-corrected chi connectivity index (χ4v) is 2.79. The van der Waals surface area contributed by atoms with Crippen LogP contribution in [0.5, 0.6) is 5.75 Å². The van der Waals surface area contributed by atoms with Crippen molar-refractivity contribution in [2.24, 2.45) is 0 Å². The molecule has 0 amide bonds. The van der Waals surface area contributed by atoms with E-state index in [1.807, 2.05) is 0 Å². The van der Waals surface area contributed by atoms with Gasteiger partial charge < -0.3 is 4.74 Å². The Balaban J connectivity index is 2.53. The molecule has 108 valence electrons. The van der Waals surface area contributed by atoms with Crippen LogP contribution in [0.3, 0.4) is 0 Å². The fourth-order valence-electron chi connectivity index (χ4n) is 2.10. The Morgan fingerprint density at radius 2 is 1.95 bits per heavy atom. The molecule has 2 aromatic heterocycles. The van der Waals surface area contributed by atoms with Gasteiger partial charge in [0.15, 0.2) is 0 Å². The lowest BCUT2D eigenvalue weighted by Crippen LogP contribution is -2.05. The molecule has 0 bridgehead atoms. The quantitative estimate of drug-likeness (QED) is 0.690. The van der Waals surface area contributed by atoms with Gasteiger partial charge in [-0.2, -0.15) is 0 Å². The molecular weight excluding hydrogens is 294 g/mol. The number of sulfone groups is 1. The number of nitrogens with zero attached hydrogens (tertiary/aromatic N) is 3. The third-order valence-electron chi connectivity index (χ3n) is 3.11. The van der Waals surface area contributed by atoms with Crippen molar-refractivity contribution in [1.82, 2.24) is 14.6 Å². The van der Waals surface area contributed by atoms with Gasteiger partial charge in [0.05, 0.1) is 7.11 Å². The first-order chi connectivity index (χ1) is 9.91. The van der Waals surface area contributed by atoms with Gasteiger partial charge in [-0.1, -0.05) is 6.07 Å². The van der Waals surface area contributed by atoms with Crippen LogP contribution in [0.4, 0.5) is 0 Å². The van der Waals surface area contributed by atoms with Crippen LogP contribution in [0, 0.1) is 0 Å². The zero-order valence-corrected chi connectivity index (χ0v) is 12.1. The first-order valence-corrected chi connectivity index (χ1v) is 7.87. The zero-order chi connectivity index (χ0) is 15.2. The summed E-state index contributed by atoms with van der Waals surface area (Å²) in [4.78, 5) is 12.5. The molecule has 8 heteroatoms. The zero-order valence-electron chi connectivity index (χ0n) is 11.3. The van der Waals surface area contributed by atoms with Gasteiger partial charge in [-0.05, 0) is 23.6 Å². The second-order valence-corrected chi connectivity index (χ2v) is 6.46. The summed E-state index contributed by atoms with van der Waals surface area (Å²) in [5.41, 5.74) is -0.449. The normalized spacial score (nSPS) is 11.9. The molecule has 0 spiro atoms. The Labute approximate surface area is 119 Å². The monoisotopic (exact) mass is 305 g/mol. The first kappa shape index (κ1) is 13.5. The third-order valence-corrected chi connectivity index (χ3v) is 4.05. The molecule has 0 aliphatic rings. The number of ether oxygens (including phenoxy) is 1. The van der Waals surface area contributed by atoms with Crippen molar-refractivity contribution in [3.63, 3.8) is 0 Å². The summed E-state index contributed by atoms with van der Waals surface area (Å²) in [6.45, 7) is 0. The lowest BCUT2D eigenvalue weighted by molar-refractivity contribution is 0.415. The smallest absolute Gasteiger partial charge is 0.253 e. The van der Waals surface area contributed by atoms with E-state index in [2.05, 4.69) is 10.2 Å². The summed E-state index contributed by atoms with van der Waals surface area (Å²) in [6, 6.07) is 6.68. The van der Waals surface area contributed by atoms with Crippen LogP contribution in [0.25, 0.3) is 16.4 Å². The number of hydrogen-bond acceptors (Lipinski definition) is 6. The van der Waals surface area contributed by atoms with Crippen LogP contribution < -0.4 is 10.2 Å². The van der Waals surface area contributed by atoms with Gasteiger partial charge in [0.25, 0.3) is 5.16 Å². The van der Waals surface area contributed by atoms with Crippen molar-refractivity contribution >= 4 is 26.3 Å². The summed E-state index contributed by atoms with van der Waals surface area (Å²) in [5, 5.41) is 8.09. The van der Waals surface area contributed by atoms with Crippen molar-refractivity contribution in [2.45, 2.75) is 5.16 Å². The predicted octanol–water partition coefficient (Wildman–Crippen LogP) is 0.655. The molecule has 1 aromatic carbocycles. The van der Waals surface area contributed by atoms with Gasteiger partial charge in [0.1, 0.15) is 5.75 Å². The predicted molar refractivity (Wildman–Crippen MR) is 76.4 cm³/mol. The number of rotatable bonds is 2. The Morgan fingerprint density at radius 3 is 2.62 bits per heavy atom. The molecule has 0 aliphatic carbocycles. The standard InChI is InChI=1S/C13H11N3O4S/c1-20-9-4-3-8-5-6-16-12(11(17)10(8)7-9)14-15-13(16)21(2,18)19/h3-7H,1-2H3. The van der Waals surface area contributed by atoms with Crippen molar-refractivity contribution in [2.75, 3.05) is 13.4 Å². The highest BCUT2D eigenvalue weighted by atomic mass is 32.2. The van der Waals surface area contributed by atoms with Crippen LogP contribution >= 0.6 is 0 Å². The Bertz CT molecular complexity index is 1020. The third kappa shape index (κ3) is 2.13. The number of aromatic nitrogens is 3. The minimum Gasteiger partial charge on any atom is -0.497 e. The van der Waals surface area contributed by atoms with E-state index in [1.54, 1.807) is 24.3 Å². The molecule has 7 nitrogen and oxygen atoms in total. The largest absolute Gasteiger partial charge is 0.497 e. The molecule has 3 aromatic rings. The molecule has 3 rings (SSSR count). The van der Waals surface area contributed by atoms with Crippen molar-refractivity contribution in [1.29, 1.82) is 0 Å². The van der Waals surface area contributed by atoms with Gasteiger partial charge in [-0.25, -0.2) is 8.42 Å². The molecule has 0 atom stereocenters. The second kappa shape index (κ2) is 4.52. The van der Waals surface area contributed by atoms with E-state index in [-0.39, 0.29) is 10.8 Å². The van der Waals surface area contributed by atoms with Crippen molar-refractivity contribution in [3.05, 3.63) is 40.7 Å². The maximum absolute atomic E-state index is 12.5. The number of hydrogen-bond donors (Lipinski definition) is 0. The molecule has 0 unspecified atom stereocenters. The second-order valence-electron chi connectivity index (χ2n) is 4.55. The first-order valence-electron chi connectivity index (χ1n) is 5.97. The molecule has 0 aliphatic heterocycles. The van der Waals surface area contributed by atoms with Gasteiger partial charge in [0, 0.05) is 17.8 Å². The van der Waals surface area contributed by atoms with E-state index in [9.17, 15) is 13.2 Å². The van der Waals surface area contributed by atoms with Gasteiger partial charge in [0.2, 0.25) is 20.9 Å². The van der Waals surface area contributed by atoms with Crippen molar-refractivity contribution in [3.8, 4) is 5.75 Å². The lowest BCUT2D eigenvalue weighted by atomic mass is 10.2. The number of methoxy groups -OCH3 is 1. The molecule has 0 N–H and O–H groups in total. The molecule has 0 saturated carbocycles. The molecular formula is C13H11N3O4S. The Morgan fingerprint density at radius 1 is 1.19 bits per heavy atom. The number of fused-ring (bicyclic) bond motifs is 2. The highest BCUT2D eigenvalue weighted by Gasteiger charge is 2.17. The molecule has 0 fully saturated rings. The minimum absolute atomic E-state index is 0.0429. The summed E-state index contributed by atoms with van der Waals surface area (Å²) in [6.07, 6.45) is 2.49. The van der Waals surface area contributed by atoms with Crippen LogP contribution in [0.2, 0.25) is 0 Å². The van der Waals surface area contributed by atoms with Gasteiger partial charge in [-0.3, -0.25) is 9.20 Å². The maximum Gasteiger partial charge on any atom is 0.253 e. The van der Waals surface area contributed by atoms with E-state index in [0.717, 1.165) is 6.26 Å². The van der Waals surface area contributed by atoms with Gasteiger partial charge in [-0.15, -0.1) is 10.2 Å². The Kier molecular flexibility index (Phi) is 2.91. The highest BCUT2D eigenvalue weighted by molar-refractivity contribution is 7.90. The lowest BCUT2D eigenvalue weighted by Gasteiger charge is -1.98. The van der Waals surface area contributed by atoms with Crippen molar-refractivity contribution < 1.29 is 13.2 Å². The highest BCUT2D eigenvalue weighted by Crippen LogP contribution is 2.18. The average molecular weight is 305 g/mol. The van der Waals surface area contributed by atoms with Crippen LogP contribution in [-0.4, -0.2) is 36.4 Å². The topological polar surface area (TPSA) is 90.6 Å². The molecule has 21 heavy (non-hydrogen) atoms. The number of benzene rings is 1.